The van der Waals surface area contributed by atoms with E-state index in [-0.39, 0.29) is 0 Å². The Morgan fingerprint density at radius 2 is 1.92 bits per heavy atom. The van der Waals surface area contributed by atoms with Crippen LogP contribution in [-0.2, 0) is 0 Å². The predicted molar refractivity (Wildman–Crippen MR) is 49.7 cm³/mol. The minimum Gasteiger partial charge on any atom is -0.396 e. The molecule has 0 aliphatic heterocycles. The van der Waals surface area contributed by atoms with E-state index in [1.54, 1.807) is 0 Å². The van der Waals surface area contributed by atoms with Gasteiger partial charge in [-0.25, -0.2) is 0 Å². The molecule has 12 heavy (non-hydrogen) atoms. The van der Waals surface area contributed by atoms with E-state index in [9.17, 15) is 5.11 Å². The summed E-state index contributed by atoms with van der Waals surface area (Å²) in [6, 6.07) is 0. The molecule has 0 amide bonds. The molecule has 3 aliphatic rings. The zero-order chi connectivity index (χ0) is 8.93. The van der Waals surface area contributed by atoms with Crippen LogP contribution in [0.2, 0.25) is 0 Å². The molecule has 1 unspecified atom stereocenters. The highest BCUT2D eigenvalue weighted by Gasteiger charge is 2.56. The van der Waals surface area contributed by atoms with Crippen molar-refractivity contribution in [3.05, 3.63) is 0 Å². The summed E-state index contributed by atoms with van der Waals surface area (Å²) in [6.07, 6.45) is 2.63. The number of rotatable bonds is 1. The lowest BCUT2D eigenvalue weighted by Gasteiger charge is -2.62. The molecule has 1 N–H and O–H groups in total. The highest BCUT2D eigenvalue weighted by Crippen LogP contribution is 2.63. The number of hydrogen-bond acceptors (Lipinski definition) is 1. The third-order valence-corrected chi connectivity index (χ3v) is 4.58. The van der Waals surface area contributed by atoms with Gasteiger partial charge in [0, 0.05) is 6.61 Å². The first-order valence-electron chi connectivity index (χ1n) is 5.18. The largest absolute Gasteiger partial charge is 0.396 e. The Bertz CT molecular complexity index is 185. The van der Waals surface area contributed by atoms with E-state index >= 15 is 0 Å². The van der Waals surface area contributed by atoms with Crippen molar-refractivity contribution in [2.45, 2.75) is 33.6 Å². The lowest BCUT2D eigenvalue weighted by atomic mass is 9.43. The summed E-state index contributed by atoms with van der Waals surface area (Å²) >= 11 is 0. The third-order valence-electron chi connectivity index (χ3n) is 4.58. The Labute approximate surface area is 75.2 Å². The van der Waals surface area contributed by atoms with Crippen LogP contribution in [0.25, 0.3) is 0 Å². The van der Waals surface area contributed by atoms with Crippen LogP contribution in [0.5, 0.6) is 0 Å². The molecular weight excluding hydrogens is 148 g/mol. The van der Waals surface area contributed by atoms with Crippen LogP contribution in [0.3, 0.4) is 0 Å². The fourth-order valence-electron chi connectivity index (χ4n) is 3.77. The quantitative estimate of drug-likeness (QED) is 0.637. The van der Waals surface area contributed by atoms with E-state index < -0.39 is 0 Å². The van der Waals surface area contributed by atoms with Crippen LogP contribution in [-0.4, -0.2) is 11.7 Å². The zero-order valence-corrected chi connectivity index (χ0v) is 8.38. The maximum atomic E-state index is 9.24. The van der Waals surface area contributed by atoms with E-state index in [4.69, 9.17) is 0 Å². The highest BCUT2D eigenvalue weighted by atomic mass is 16.3. The first kappa shape index (κ1) is 8.55. The van der Waals surface area contributed by atoms with Gasteiger partial charge in [-0.15, -0.1) is 0 Å². The van der Waals surface area contributed by atoms with Crippen LogP contribution < -0.4 is 0 Å². The first-order chi connectivity index (χ1) is 5.57. The molecule has 70 valence electrons. The summed E-state index contributed by atoms with van der Waals surface area (Å²) in [7, 11) is 0. The van der Waals surface area contributed by atoms with Crippen molar-refractivity contribution in [3.8, 4) is 0 Å². The molecule has 3 aliphatic carbocycles. The molecule has 3 saturated carbocycles. The second-order valence-electron chi connectivity index (χ2n) is 5.43. The van der Waals surface area contributed by atoms with Crippen molar-refractivity contribution >= 4 is 0 Å². The summed E-state index contributed by atoms with van der Waals surface area (Å²) in [5, 5.41) is 9.24. The molecule has 1 nitrogen and oxygen atoms in total. The Morgan fingerprint density at radius 1 is 1.25 bits per heavy atom. The van der Waals surface area contributed by atoms with Gasteiger partial charge in [-0.1, -0.05) is 20.8 Å². The van der Waals surface area contributed by atoms with Gasteiger partial charge in [0.05, 0.1) is 0 Å². The van der Waals surface area contributed by atoms with Crippen molar-refractivity contribution in [1.29, 1.82) is 0 Å². The van der Waals surface area contributed by atoms with Gasteiger partial charge in [0.1, 0.15) is 0 Å². The maximum Gasteiger partial charge on any atom is 0.0462 e. The van der Waals surface area contributed by atoms with Crippen LogP contribution in [0.1, 0.15) is 33.6 Å². The van der Waals surface area contributed by atoms with Gasteiger partial charge < -0.3 is 5.11 Å². The second-order valence-corrected chi connectivity index (χ2v) is 5.43. The van der Waals surface area contributed by atoms with Crippen molar-refractivity contribution in [1.82, 2.24) is 0 Å². The molecule has 0 aromatic heterocycles. The Kier molecular flexibility index (Phi) is 1.76. The van der Waals surface area contributed by atoms with Gasteiger partial charge in [-0.2, -0.15) is 0 Å². The molecule has 0 aromatic rings. The van der Waals surface area contributed by atoms with Crippen molar-refractivity contribution in [2.24, 2.45) is 29.1 Å². The average Bonchev–Trinajstić information content (AvgIpc) is 2.02. The minimum absolute atomic E-state index is 0.408. The molecule has 0 saturated heterocycles. The van der Waals surface area contributed by atoms with E-state index in [2.05, 4.69) is 20.8 Å². The highest BCUT2D eigenvalue weighted by molar-refractivity contribution is 5.05. The summed E-state index contributed by atoms with van der Waals surface area (Å²) in [5.74, 6) is 3.18. The van der Waals surface area contributed by atoms with Crippen LogP contribution >= 0.6 is 0 Å². The van der Waals surface area contributed by atoms with Crippen LogP contribution in [0.15, 0.2) is 0 Å². The molecule has 0 heterocycles. The third kappa shape index (κ3) is 0.891. The lowest BCUT2D eigenvalue weighted by molar-refractivity contribution is -0.146. The summed E-state index contributed by atoms with van der Waals surface area (Å²) in [5.41, 5.74) is 0.519. The summed E-state index contributed by atoms with van der Waals surface area (Å²) in [6.45, 7) is 7.52. The lowest BCUT2D eigenvalue weighted by Crippen LogP contribution is -2.56. The van der Waals surface area contributed by atoms with Gasteiger partial charge in [0.15, 0.2) is 0 Å². The smallest absolute Gasteiger partial charge is 0.0462 e. The number of aliphatic hydroxyl groups is 1. The van der Waals surface area contributed by atoms with Gasteiger partial charge in [0.2, 0.25) is 0 Å². The summed E-state index contributed by atoms with van der Waals surface area (Å²) < 4.78 is 0. The Balaban J connectivity index is 2.16. The van der Waals surface area contributed by atoms with Gasteiger partial charge in [-0.3, -0.25) is 0 Å². The molecule has 1 heteroatoms. The fraction of sp³-hybridized carbons (Fsp3) is 1.00. The summed E-state index contributed by atoms with van der Waals surface area (Å²) in [4.78, 5) is 0. The number of fused-ring (bicyclic) bond motifs is 2. The van der Waals surface area contributed by atoms with Crippen LogP contribution in [0.4, 0.5) is 0 Å². The molecule has 3 rings (SSSR count). The minimum atomic E-state index is 0.408. The SMILES string of the molecule is C[C@@H]1CC(CO)[C@H]2C[C@@H]1C2(C)C. The van der Waals surface area contributed by atoms with E-state index in [0.717, 1.165) is 17.8 Å². The van der Waals surface area contributed by atoms with Crippen molar-refractivity contribution in [2.75, 3.05) is 6.61 Å². The predicted octanol–water partition coefficient (Wildman–Crippen LogP) is 2.30. The van der Waals surface area contributed by atoms with E-state index in [0.29, 0.717) is 17.9 Å². The van der Waals surface area contributed by atoms with Crippen molar-refractivity contribution < 1.29 is 5.11 Å². The second kappa shape index (κ2) is 2.47. The molecule has 0 radical (unpaired) electrons. The molecule has 4 atom stereocenters. The molecule has 0 spiro atoms. The molecule has 0 aromatic carbocycles. The van der Waals surface area contributed by atoms with Crippen molar-refractivity contribution in [3.63, 3.8) is 0 Å². The van der Waals surface area contributed by atoms with Gasteiger partial charge >= 0.3 is 0 Å². The Hall–Kier alpha value is -0.0400. The molecular formula is C11H20O. The topological polar surface area (TPSA) is 20.2 Å². The molecule has 2 bridgehead atoms. The normalized spacial score (nSPS) is 50.0. The number of aliphatic hydroxyl groups excluding tert-OH is 1. The average molecular weight is 168 g/mol. The standard InChI is InChI=1S/C11H20O/c1-7-4-8(6-12)10-5-9(7)11(10,2)3/h7-10,12H,4-6H2,1-3H3/t7-,8?,9+,10-/m1/s1. The van der Waals surface area contributed by atoms with Gasteiger partial charge in [0.25, 0.3) is 0 Å². The maximum absolute atomic E-state index is 9.24. The van der Waals surface area contributed by atoms with E-state index in [1.807, 2.05) is 0 Å². The van der Waals surface area contributed by atoms with Crippen LogP contribution in [0, 0.1) is 29.1 Å². The monoisotopic (exact) mass is 168 g/mol. The van der Waals surface area contributed by atoms with Gasteiger partial charge in [-0.05, 0) is 41.9 Å². The zero-order valence-electron chi connectivity index (χ0n) is 8.38. The first-order valence-corrected chi connectivity index (χ1v) is 5.18. The molecule has 3 fully saturated rings. The fourth-order valence-corrected chi connectivity index (χ4v) is 3.77. The van der Waals surface area contributed by atoms with E-state index in [1.165, 1.54) is 12.8 Å². The number of hydrogen-bond donors (Lipinski definition) is 1. The Morgan fingerprint density at radius 3 is 2.33 bits per heavy atom.